The summed E-state index contributed by atoms with van der Waals surface area (Å²) in [6.45, 7) is 4.80. The number of furan rings is 1. The van der Waals surface area contributed by atoms with Crippen molar-refractivity contribution in [2.45, 2.75) is 125 Å². The van der Waals surface area contributed by atoms with Crippen LogP contribution in [0.5, 0.6) is 5.88 Å². The molecule has 0 unspecified atom stereocenters. The molecule has 0 spiro atoms. The van der Waals surface area contributed by atoms with Crippen LogP contribution in [0.4, 0.5) is 13.6 Å². The minimum atomic E-state index is -4.11. The Kier molecular flexibility index (Phi) is 10.7. The molecule has 18 heteroatoms. The van der Waals surface area contributed by atoms with Crippen molar-refractivity contribution in [3.05, 3.63) is 54.6 Å². The molecule has 4 heterocycles. The van der Waals surface area contributed by atoms with Crippen LogP contribution < -0.4 is 20.1 Å². The van der Waals surface area contributed by atoms with Crippen molar-refractivity contribution in [3.63, 3.8) is 0 Å². The van der Waals surface area contributed by atoms with Gasteiger partial charge in [0.15, 0.2) is 11.5 Å². The van der Waals surface area contributed by atoms with E-state index in [4.69, 9.17) is 23.9 Å². The number of carbonyl (C=O) groups excluding carboxylic acids is 4. The fourth-order valence-electron chi connectivity index (χ4n) is 8.19. The van der Waals surface area contributed by atoms with Crippen LogP contribution in [0, 0.1) is 5.92 Å². The summed E-state index contributed by atoms with van der Waals surface area (Å²) >= 11 is 0. The molecular formula is C42H48F2N6O9S. The average molecular weight is 851 g/mol. The molecule has 8 rings (SSSR count). The van der Waals surface area contributed by atoms with Gasteiger partial charge < -0.3 is 29.4 Å². The first-order valence-corrected chi connectivity index (χ1v) is 21.9. The smallest absolute Gasteiger partial charge is 0.408 e. The lowest BCUT2D eigenvalue weighted by Crippen LogP contribution is -2.58. The third-order valence-electron chi connectivity index (χ3n) is 11.4. The van der Waals surface area contributed by atoms with E-state index in [9.17, 15) is 27.6 Å². The molecule has 2 aromatic carbocycles. The summed E-state index contributed by atoms with van der Waals surface area (Å²) in [7, 11) is -4.11. The highest BCUT2D eigenvalue weighted by atomic mass is 32.2. The number of rotatable bonds is 7. The van der Waals surface area contributed by atoms with Gasteiger partial charge in [0, 0.05) is 24.6 Å². The quantitative estimate of drug-likeness (QED) is 0.204. The Balaban J connectivity index is 1.14. The van der Waals surface area contributed by atoms with E-state index in [2.05, 4.69) is 10.6 Å². The summed E-state index contributed by atoms with van der Waals surface area (Å²) in [6, 6.07) is 13.8. The van der Waals surface area contributed by atoms with Crippen LogP contribution in [0.3, 0.4) is 0 Å². The maximum absolute atomic E-state index is 15.5. The third kappa shape index (κ3) is 8.88. The van der Waals surface area contributed by atoms with Gasteiger partial charge in [0.25, 0.3) is 5.91 Å². The van der Waals surface area contributed by atoms with Gasteiger partial charge in [-0.05, 0) is 83.1 Å². The number of fused-ring (bicyclic) bond motifs is 4. The Labute approximate surface area is 345 Å². The van der Waals surface area contributed by atoms with Gasteiger partial charge in [-0.15, -0.1) is 0 Å². The van der Waals surface area contributed by atoms with E-state index >= 15 is 8.78 Å². The molecular weight excluding hydrogens is 803 g/mol. The van der Waals surface area contributed by atoms with Crippen molar-refractivity contribution in [2.24, 2.45) is 5.92 Å². The van der Waals surface area contributed by atoms with E-state index in [0.717, 1.165) is 5.39 Å². The summed E-state index contributed by atoms with van der Waals surface area (Å²) in [5, 5.41) is 5.30. The topological polar surface area (TPSA) is 199 Å². The van der Waals surface area contributed by atoms with Crippen molar-refractivity contribution >= 4 is 55.8 Å². The van der Waals surface area contributed by atoms with Gasteiger partial charge in [-0.3, -0.25) is 19.1 Å². The summed E-state index contributed by atoms with van der Waals surface area (Å²) in [5.41, 5.74) is -0.950. The number of aromatic nitrogens is 2. The predicted molar refractivity (Wildman–Crippen MR) is 214 cm³/mol. The van der Waals surface area contributed by atoms with E-state index in [1.165, 1.54) is 4.90 Å². The minimum Gasteiger partial charge on any atom is -0.471 e. The SMILES string of the molecule is CC(C)(C)OC(=O)N[C@H]1CCCCCC(F)(F)C[C@@H]2C[C@@]2(C(=O)NS(=O)(=O)C2CC2)NC(=O)[C@@H]2C[C@@H](Oc3nc4ccccc4nc3-c3cc4ccccc4o3)CN2C1=O. The van der Waals surface area contributed by atoms with E-state index < -0.39 is 93.1 Å². The molecule has 0 bridgehead atoms. The highest BCUT2D eigenvalue weighted by molar-refractivity contribution is 7.91. The van der Waals surface area contributed by atoms with Crippen LogP contribution in [0.1, 0.15) is 85.0 Å². The third-order valence-corrected chi connectivity index (χ3v) is 13.3. The Hall–Kier alpha value is -5.39. The van der Waals surface area contributed by atoms with Crippen molar-refractivity contribution < 1.29 is 50.3 Å². The maximum atomic E-state index is 15.5. The van der Waals surface area contributed by atoms with E-state index in [-0.39, 0.29) is 50.2 Å². The molecule has 2 saturated heterocycles. The summed E-state index contributed by atoms with van der Waals surface area (Å²) in [6.07, 6.45) is -2.02. The predicted octanol–water partition coefficient (Wildman–Crippen LogP) is 5.76. The van der Waals surface area contributed by atoms with Gasteiger partial charge in [0.2, 0.25) is 33.6 Å². The molecule has 2 aliphatic heterocycles. The molecule has 2 saturated carbocycles. The zero-order chi connectivity index (χ0) is 42.6. The molecule has 3 N–H and O–H groups in total. The molecule has 60 heavy (non-hydrogen) atoms. The number of para-hydroxylation sites is 3. The summed E-state index contributed by atoms with van der Waals surface area (Å²) < 4.78 is 76.9. The second-order valence-corrected chi connectivity index (χ2v) is 19.4. The second kappa shape index (κ2) is 15.6. The van der Waals surface area contributed by atoms with Crippen molar-refractivity contribution in [2.75, 3.05) is 6.54 Å². The number of sulfonamides is 1. The Morgan fingerprint density at radius 2 is 1.68 bits per heavy atom. The Morgan fingerprint density at radius 3 is 2.40 bits per heavy atom. The normalized spacial score (nSPS) is 26.2. The first-order valence-electron chi connectivity index (χ1n) is 20.4. The lowest BCUT2D eigenvalue weighted by molar-refractivity contribution is -0.141. The van der Waals surface area contributed by atoms with E-state index in [0.29, 0.717) is 41.6 Å². The molecule has 4 fully saturated rings. The minimum absolute atomic E-state index is 0.0559. The number of hydrogen-bond donors (Lipinski definition) is 3. The number of nitrogens with zero attached hydrogens (tertiary/aromatic N) is 3. The molecule has 4 aromatic rings. The average Bonchev–Trinajstić information content (AvgIpc) is 4.06. The van der Waals surface area contributed by atoms with Gasteiger partial charge in [-0.25, -0.2) is 32.0 Å². The van der Waals surface area contributed by atoms with Crippen LogP contribution >= 0.6 is 0 Å². The standard InChI is InChI=1S/C42H48F2N6O9S/c1-40(2,3)59-39(54)47-30-14-5-4-10-18-41(43,44)21-25-22-42(25,38(53)49-60(55,56)27-16-17-27)48-35(51)31-20-26(23-50(31)37(30)52)57-36-34(45-28-12-7-8-13-29(28)46-36)33-19-24-11-6-9-15-32(24)58-33/h6-9,11-13,15,19,25-27,30-31H,4-5,10,14,16-18,20-23H2,1-3H3,(H,47,54)(H,48,51)(H,49,53)/t25-,26-,30+,31+,42-/m1/s1. The number of alkyl halides is 2. The molecule has 4 aliphatic rings. The van der Waals surface area contributed by atoms with Gasteiger partial charge in [0.1, 0.15) is 34.9 Å². The lowest BCUT2D eigenvalue weighted by Gasteiger charge is -2.30. The number of halogens is 2. The fraction of sp³-hybridized carbons (Fsp3) is 0.524. The molecule has 2 aromatic heterocycles. The van der Waals surface area contributed by atoms with Crippen LogP contribution in [0.15, 0.2) is 59.0 Å². The molecule has 320 valence electrons. The largest absolute Gasteiger partial charge is 0.471 e. The summed E-state index contributed by atoms with van der Waals surface area (Å²) in [4.78, 5) is 66.9. The second-order valence-electron chi connectivity index (χ2n) is 17.4. The van der Waals surface area contributed by atoms with Crippen molar-refractivity contribution in [1.29, 1.82) is 0 Å². The van der Waals surface area contributed by atoms with Gasteiger partial charge >= 0.3 is 6.09 Å². The van der Waals surface area contributed by atoms with Crippen molar-refractivity contribution in [1.82, 2.24) is 30.2 Å². The van der Waals surface area contributed by atoms with Gasteiger partial charge in [-0.1, -0.05) is 43.2 Å². The molecule has 0 radical (unpaired) electrons. The monoisotopic (exact) mass is 850 g/mol. The number of nitrogens with one attached hydrogen (secondary N) is 3. The zero-order valence-electron chi connectivity index (χ0n) is 33.5. The lowest BCUT2D eigenvalue weighted by atomic mass is 10.00. The van der Waals surface area contributed by atoms with Crippen LogP contribution in [0.25, 0.3) is 33.5 Å². The summed E-state index contributed by atoms with van der Waals surface area (Å²) in [5.74, 6) is -6.50. The molecule has 15 nitrogen and oxygen atoms in total. The van der Waals surface area contributed by atoms with Crippen molar-refractivity contribution in [3.8, 4) is 17.3 Å². The Morgan fingerprint density at radius 1 is 0.967 bits per heavy atom. The molecule has 2 aliphatic carbocycles. The fourth-order valence-corrected chi connectivity index (χ4v) is 9.55. The number of amides is 4. The highest BCUT2D eigenvalue weighted by Gasteiger charge is 2.65. The van der Waals surface area contributed by atoms with E-state index in [1.54, 1.807) is 45.0 Å². The number of hydrogen-bond acceptors (Lipinski definition) is 11. The van der Waals surface area contributed by atoms with Crippen LogP contribution in [0.2, 0.25) is 0 Å². The first-order chi connectivity index (χ1) is 28.4. The maximum Gasteiger partial charge on any atom is 0.408 e. The van der Waals surface area contributed by atoms with Crippen LogP contribution in [-0.2, 0) is 29.1 Å². The molecule has 5 atom stereocenters. The van der Waals surface area contributed by atoms with E-state index in [1.807, 2.05) is 35.1 Å². The molecule has 4 amide bonds. The van der Waals surface area contributed by atoms with Crippen LogP contribution in [-0.4, -0.2) is 94.1 Å². The number of ether oxygens (including phenoxy) is 2. The Bertz CT molecular complexity index is 2420. The number of carbonyl (C=O) groups is 4. The number of alkyl carbamates (subject to hydrolysis) is 1. The zero-order valence-corrected chi connectivity index (χ0v) is 34.4. The highest BCUT2D eigenvalue weighted by Crippen LogP contribution is 2.51. The number of benzene rings is 2. The first kappa shape index (κ1) is 41.3. The van der Waals surface area contributed by atoms with Gasteiger partial charge in [-0.2, -0.15) is 0 Å². The van der Waals surface area contributed by atoms with Gasteiger partial charge in [0.05, 0.1) is 22.8 Å².